The molecule has 0 unspecified atom stereocenters. The number of aliphatic carboxylic acids is 1. The molecule has 5 rings (SSSR count). The zero-order valence-electron chi connectivity index (χ0n) is 19.4. The van der Waals surface area contributed by atoms with Gasteiger partial charge in [-0.25, -0.2) is 4.79 Å². The van der Waals surface area contributed by atoms with Crippen molar-refractivity contribution in [2.45, 2.75) is 33.7 Å². The first-order valence-electron chi connectivity index (χ1n) is 11.0. The zero-order valence-corrected chi connectivity index (χ0v) is 20.2. The summed E-state index contributed by atoms with van der Waals surface area (Å²) < 4.78 is 7.37. The molecule has 3 heterocycles. The summed E-state index contributed by atoms with van der Waals surface area (Å²) in [6, 6.07) is 15.7. The SMILES string of the molecule is Cc1sc2c(c1C)C(c1ccc(-c3ccc(OCC(=O)O)cc3)cc1)=N[C@@H](C)c1nnc(C)n1-2. The Hall–Kier alpha value is -3.78. The molecule has 0 bridgehead atoms. The van der Waals surface area contributed by atoms with Crippen molar-refractivity contribution < 1.29 is 14.6 Å². The number of aliphatic imine (C=N–C) groups is 1. The number of carboxylic acid groups (broad SMARTS) is 1. The monoisotopic (exact) mass is 472 g/mol. The van der Waals surface area contributed by atoms with Crippen LogP contribution in [0.2, 0.25) is 0 Å². The standard InChI is InChI=1S/C26H24N4O3S/c1-14-16(3)34-26-23(14)24(27-15(2)25-29-28-17(4)30(25)26)20-7-5-18(6-8-20)19-9-11-21(12-10-19)33-13-22(31)32/h5-12,15H,13H2,1-4H3,(H,31,32)/t15-/m0/s1. The molecule has 4 aromatic rings. The van der Waals surface area contributed by atoms with E-state index in [9.17, 15) is 4.79 Å². The second-order valence-electron chi connectivity index (χ2n) is 8.34. The van der Waals surface area contributed by atoms with Gasteiger partial charge in [-0.2, -0.15) is 0 Å². The van der Waals surface area contributed by atoms with E-state index in [4.69, 9.17) is 14.8 Å². The number of fused-ring (bicyclic) bond motifs is 3. The Morgan fingerprint density at radius 3 is 2.26 bits per heavy atom. The van der Waals surface area contributed by atoms with Gasteiger partial charge in [0.25, 0.3) is 0 Å². The van der Waals surface area contributed by atoms with Crippen LogP contribution in [0.4, 0.5) is 0 Å². The molecule has 2 aromatic heterocycles. The predicted molar refractivity (Wildman–Crippen MR) is 133 cm³/mol. The summed E-state index contributed by atoms with van der Waals surface area (Å²) >= 11 is 1.75. The Bertz CT molecular complexity index is 1420. The average Bonchev–Trinajstić information content (AvgIpc) is 3.31. The number of thiophene rings is 1. The summed E-state index contributed by atoms with van der Waals surface area (Å²) in [5.74, 6) is 1.26. The largest absolute Gasteiger partial charge is 0.482 e. The third-order valence-corrected chi connectivity index (χ3v) is 7.25. The van der Waals surface area contributed by atoms with Crippen LogP contribution in [0.3, 0.4) is 0 Å². The molecule has 1 aliphatic rings. The molecular weight excluding hydrogens is 448 g/mol. The van der Waals surface area contributed by atoms with Crippen molar-refractivity contribution in [3.8, 4) is 21.9 Å². The van der Waals surface area contributed by atoms with Crippen LogP contribution in [-0.2, 0) is 4.79 Å². The number of rotatable bonds is 5. The third-order valence-electron chi connectivity index (χ3n) is 6.06. The number of aromatic nitrogens is 3. The molecule has 1 aliphatic heterocycles. The fourth-order valence-corrected chi connectivity index (χ4v) is 5.40. The van der Waals surface area contributed by atoms with Crippen LogP contribution in [0.1, 0.15) is 46.2 Å². The van der Waals surface area contributed by atoms with Crippen LogP contribution in [0, 0.1) is 20.8 Å². The molecule has 1 atom stereocenters. The zero-order chi connectivity index (χ0) is 24.0. The van der Waals surface area contributed by atoms with Crippen molar-refractivity contribution in [3.05, 3.63) is 81.7 Å². The van der Waals surface area contributed by atoms with E-state index in [0.29, 0.717) is 5.75 Å². The van der Waals surface area contributed by atoms with Gasteiger partial charge in [-0.15, -0.1) is 21.5 Å². The molecule has 172 valence electrons. The van der Waals surface area contributed by atoms with Crippen LogP contribution in [-0.4, -0.2) is 38.2 Å². The van der Waals surface area contributed by atoms with Gasteiger partial charge >= 0.3 is 5.97 Å². The summed E-state index contributed by atoms with van der Waals surface area (Å²) in [6.07, 6.45) is 0. The quantitative estimate of drug-likeness (QED) is 0.426. The molecule has 0 saturated carbocycles. The summed E-state index contributed by atoms with van der Waals surface area (Å²) in [4.78, 5) is 17.0. The van der Waals surface area contributed by atoms with Gasteiger partial charge in [0, 0.05) is 16.0 Å². The first kappa shape index (κ1) is 22.0. The van der Waals surface area contributed by atoms with Crippen molar-refractivity contribution in [2.75, 3.05) is 6.61 Å². The molecule has 0 radical (unpaired) electrons. The Balaban J connectivity index is 1.51. The van der Waals surface area contributed by atoms with Gasteiger partial charge in [-0.3, -0.25) is 9.56 Å². The molecule has 0 saturated heterocycles. The van der Waals surface area contributed by atoms with Crippen LogP contribution in [0.5, 0.6) is 5.75 Å². The number of carboxylic acids is 1. The lowest BCUT2D eigenvalue weighted by atomic mass is 9.97. The minimum Gasteiger partial charge on any atom is -0.482 e. The minimum absolute atomic E-state index is 0.117. The van der Waals surface area contributed by atoms with Crippen molar-refractivity contribution >= 4 is 23.0 Å². The normalized spacial score (nSPS) is 14.7. The van der Waals surface area contributed by atoms with Crippen molar-refractivity contribution in [2.24, 2.45) is 4.99 Å². The first-order valence-corrected chi connectivity index (χ1v) is 11.8. The highest BCUT2D eigenvalue weighted by Gasteiger charge is 2.29. The molecule has 2 aromatic carbocycles. The third kappa shape index (κ3) is 3.80. The van der Waals surface area contributed by atoms with Crippen molar-refractivity contribution in [1.29, 1.82) is 0 Å². The Morgan fingerprint density at radius 1 is 1.00 bits per heavy atom. The average molecular weight is 473 g/mol. The lowest BCUT2D eigenvalue weighted by molar-refractivity contribution is -0.139. The molecule has 34 heavy (non-hydrogen) atoms. The highest BCUT2D eigenvalue weighted by molar-refractivity contribution is 7.15. The molecule has 0 fully saturated rings. The van der Waals surface area contributed by atoms with E-state index in [2.05, 4.69) is 59.8 Å². The van der Waals surface area contributed by atoms with Gasteiger partial charge in [0.2, 0.25) is 0 Å². The highest BCUT2D eigenvalue weighted by atomic mass is 32.1. The second kappa shape index (κ2) is 8.53. The number of benzene rings is 2. The van der Waals surface area contributed by atoms with Gasteiger partial charge in [0.15, 0.2) is 12.4 Å². The Labute approximate surface area is 201 Å². The lowest BCUT2D eigenvalue weighted by Crippen LogP contribution is -2.09. The van der Waals surface area contributed by atoms with E-state index < -0.39 is 5.97 Å². The summed E-state index contributed by atoms with van der Waals surface area (Å²) in [6.45, 7) is 7.98. The van der Waals surface area contributed by atoms with E-state index >= 15 is 0 Å². The highest BCUT2D eigenvalue weighted by Crippen LogP contribution is 2.38. The molecule has 1 N–H and O–H groups in total. The smallest absolute Gasteiger partial charge is 0.341 e. The minimum atomic E-state index is -0.996. The fraction of sp³-hybridized carbons (Fsp3) is 0.231. The first-order chi connectivity index (χ1) is 16.3. The van der Waals surface area contributed by atoms with Gasteiger partial charge < -0.3 is 9.84 Å². The molecule has 0 spiro atoms. The molecule has 0 amide bonds. The van der Waals surface area contributed by atoms with Crippen LogP contribution in [0.25, 0.3) is 16.1 Å². The summed E-state index contributed by atoms with van der Waals surface area (Å²) in [7, 11) is 0. The van der Waals surface area contributed by atoms with E-state index in [0.717, 1.165) is 44.6 Å². The molecule has 0 aliphatic carbocycles. The Kier molecular flexibility index (Phi) is 5.53. The lowest BCUT2D eigenvalue weighted by Gasteiger charge is -2.11. The maximum atomic E-state index is 10.7. The van der Waals surface area contributed by atoms with Crippen LogP contribution in [0.15, 0.2) is 53.5 Å². The summed E-state index contributed by atoms with van der Waals surface area (Å²) in [5, 5.41) is 18.6. The number of aryl methyl sites for hydroxylation is 2. The van der Waals surface area contributed by atoms with E-state index in [1.807, 2.05) is 19.1 Å². The number of carbonyl (C=O) groups is 1. The van der Waals surface area contributed by atoms with Gasteiger partial charge in [0.05, 0.1) is 5.71 Å². The van der Waals surface area contributed by atoms with Crippen LogP contribution < -0.4 is 4.74 Å². The molecular formula is C26H24N4O3S. The Morgan fingerprint density at radius 2 is 1.62 bits per heavy atom. The second-order valence-corrected chi connectivity index (χ2v) is 9.55. The van der Waals surface area contributed by atoms with Crippen molar-refractivity contribution in [1.82, 2.24) is 14.8 Å². The maximum Gasteiger partial charge on any atom is 0.341 e. The summed E-state index contributed by atoms with van der Waals surface area (Å²) in [5.41, 5.74) is 6.48. The van der Waals surface area contributed by atoms with E-state index in [1.165, 1.54) is 10.4 Å². The van der Waals surface area contributed by atoms with E-state index in [1.54, 1.807) is 23.5 Å². The molecule has 7 nitrogen and oxygen atoms in total. The van der Waals surface area contributed by atoms with Crippen LogP contribution >= 0.6 is 11.3 Å². The topological polar surface area (TPSA) is 89.6 Å². The van der Waals surface area contributed by atoms with Gasteiger partial charge in [0.1, 0.15) is 22.6 Å². The molecule has 8 heteroatoms. The van der Waals surface area contributed by atoms with Gasteiger partial charge in [-0.1, -0.05) is 36.4 Å². The number of nitrogens with zero attached hydrogens (tertiary/aromatic N) is 4. The predicted octanol–water partition coefficient (Wildman–Crippen LogP) is 5.30. The number of hydrogen-bond donors (Lipinski definition) is 1. The van der Waals surface area contributed by atoms with Crippen molar-refractivity contribution in [3.63, 3.8) is 0 Å². The van der Waals surface area contributed by atoms with Gasteiger partial charge in [-0.05, 0) is 56.5 Å². The maximum absolute atomic E-state index is 10.7. The number of hydrogen-bond acceptors (Lipinski definition) is 6. The van der Waals surface area contributed by atoms with E-state index in [-0.39, 0.29) is 12.6 Å². The fourth-order valence-electron chi connectivity index (χ4n) is 4.19. The number of ether oxygens (including phenoxy) is 1.